The van der Waals surface area contributed by atoms with Gasteiger partial charge in [-0.1, -0.05) is 42.1 Å². The van der Waals surface area contributed by atoms with Crippen molar-refractivity contribution >= 4 is 29.0 Å². The molecule has 0 aliphatic carbocycles. The Bertz CT molecular complexity index is 988. The number of carbonyl (C=O) groups excluding carboxylic acids is 1. The summed E-state index contributed by atoms with van der Waals surface area (Å²) in [4.78, 5) is 23.1. The molecule has 1 N–H and O–H groups in total. The van der Waals surface area contributed by atoms with Crippen molar-refractivity contribution in [2.75, 3.05) is 5.32 Å². The molecule has 0 aliphatic rings. The number of amides is 1. The number of rotatable bonds is 6. The lowest BCUT2D eigenvalue weighted by atomic mass is 10.2. The maximum atomic E-state index is 12.5. The first-order valence-electron chi connectivity index (χ1n) is 8.14. The Morgan fingerprint density at radius 3 is 2.67 bits per heavy atom. The lowest BCUT2D eigenvalue weighted by molar-refractivity contribution is -0.383. The molecule has 8 nitrogen and oxygen atoms in total. The Balaban J connectivity index is 1.76. The maximum absolute atomic E-state index is 12.5. The van der Waals surface area contributed by atoms with Crippen LogP contribution in [0.3, 0.4) is 0 Å². The van der Waals surface area contributed by atoms with Crippen molar-refractivity contribution in [3.05, 3.63) is 70.5 Å². The number of aromatic nitrogens is 3. The monoisotopic (exact) mass is 383 g/mol. The number of para-hydroxylation sites is 3. The fourth-order valence-electron chi connectivity index (χ4n) is 2.49. The molecule has 0 bridgehead atoms. The summed E-state index contributed by atoms with van der Waals surface area (Å²) in [5.74, 6) is -0.353. The normalized spacial score (nSPS) is 11.8. The minimum absolute atomic E-state index is 0.147. The van der Waals surface area contributed by atoms with Gasteiger partial charge in [0.15, 0.2) is 5.16 Å². The number of nitro benzene ring substituents is 1. The molecule has 1 atom stereocenters. The molecular formula is C18H17N5O3S. The van der Waals surface area contributed by atoms with Crippen LogP contribution in [-0.4, -0.2) is 30.8 Å². The van der Waals surface area contributed by atoms with E-state index >= 15 is 0 Å². The summed E-state index contributed by atoms with van der Waals surface area (Å²) in [7, 11) is 0. The molecule has 2 aromatic carbocycles. The zero-order valence-electron chi connectivity index (χ0n) is 14.7. The lowest BCUT2D eigenvalue weighted by Crippen LogP contribution is -2.23. The summed E-state index contributed by atoms with van der Waals surface area (Å²) in [6.07, 6.45) is 1.59. The number of nitrogens with one attached hydrogen (secondary N) is 1. The molecule has 27 heavy (non-hydrogen) atoms. The minimum Gasteiger partial charge on any atom is -0.319 e. The standard InChI is InChI=1S/C18H17N5O3S/c1-12-7-3-5-9-15(12)22-11-19-21-18(22)27-13(2)17(24)20-14-8-4-6-10-16(14)23(25)26/h3-11,13H,1-2H3,(H,20,24). The maximum Gasteiger partial charge on any atom is 0.292 e. The number of nitrogens with zero attached hydrogens (tertiary/aromatic N) is 4. The predicted molar refractivity (Wildman–Crippen MR) is 103 cm³/mol. The van der Waals surface area contributed by atoms with Crippen LogP contribution in [0.1, 0.15) is 12.5 Å². The molecule has 138 valence electrons. The highest BCUT2D eigenvalue weighted by Gasteiger charge is 2.22. The highest BCUT2D eigenvalue weighted by Crippen LogP contribution is 2.28. The van der Waals surface area contributed by atoms with Crippen molar-refractivity contribution in [1.29, 1.82) is 0 Å². The summed E-state index contributed by atoms with van der Waals surface area (Å²) in [6, 6.07) is 13.8. The van der Waals surface area contributed by atoms with Gasteiger partial charge in [-0.25, -0.2) is 0 Å². The van der Waals surface area contributed by atoms with E-state index in [2.05, 4.69) is 15.5 Å². The van der Waals surface area contributed by atoms with E-state index in [0.717, 1.165) is 11.3 Å². The van der Waals surface area contributed by atoms with E-state index in [0.29, 0.717) is 5.16 Å². The van der Waals surface area contributed by atoms with Crippen LogP contribution in [0.4, 0.5) is 11.4 Å². The van der Waals surface area contributed by atoms with Crippen molar-refractivity contribution in [1.82, 2.24) is 14.8 Å². The molecule has 0 radical (unpaired) electrons. The molecule has 1 heterocycles. The van der Waals surface area contributed by atoms with Crippen molar-refractivity contribution in [3.8, 4) is 5.69 Å². The van der Waals surface area contributed by atoms with Gasteiger partial charge in [0.1, 0.15) is 12.0 Å². The van der Waals surface area contributed by atoms with E-state index in [-0.39, 0.29) is 17.3 Å². The highest BCUT2D eigenvalue weighted by molar-refractivity contribution is 8.00. The third-order valence-corrected chi connectivity index (χ3v) is 4.96. The first kappa shape index (κ1) is 18.6. The Morgan fingerprint density at radius 2 is 1.93 bits per heavy atom. The van der Waals surface area contributed by atoms with E-state index < -0.39 is 10.2 Å². The van der Waals surface area contributed by atoms with Gasteiger partial charge in [-0.15, -0.1) is 10.2 Å². The van der Waals surface area contributed by atoms with Gasteiger partial charge >= 0.3 is 0 Å². The van der Waals surface area contributed by atoms with Crippen LogP contribution in [0.15, 0.2) is 60.0 Å². The number of aryl methyl sites for hydroxylation is 1. The molecule has 1 aromatic heterocycles. The van der Waals surface area contributed by atoms with E-state index in [9.17, 15) is 14.9 Å². The number of hydrogen-bond acceptors (Lipinski definition) is 6. The van der Waals surface area contributed by atoms with Gasteiger partial charge in [-0.3, -0.25) is 19.5 Å². The van der Waals surface area contributed by atoms with Gasteiger partial charge in [0.25, 0.3) is 5.69 Å². The van der Waals surface area contributed by atoms with E-state index in [1.165, 1.54) is 23.9 Å². The Hall–Kier alpha value is -3.20. The summed E-state index contributed by atoms with van der Waals surface area (Å²) >= 11 is 1.23. The molecule has 9 heteroatoms. The van der Waals surface area contributed by atoms with Crippen molar-refractivity contribution in [2.24, 2.45) is 0 Å². The molecule has 0 aliphatic heterocycles. The minimum atomic E-state index is -0.531. The van der Waals surface area contributed by atoms with Crippen molar-refractivity contribution < 1.29 is 9.72 Å². The van der Waals surface area contributed by atoms with Crippen LogP contribution in [0.5, 0.6) is 0 Å². The topological polar surface area (TPSA) is 103 Å². The zero-order chi connectivity index (χ0) is 19.4. The summed E-state index contributed by atoms with van der Waals surface area (Å²) in [5.41, 5.74) is 2.00. The Morgan fingerprint density at radius 1 is 1.22 bits per heavy atom. The smallest absolute Gasteiger partial charge is 0.292 e. The van der Waals surface area contributed by atoms with Crippen LogP contribution >= 0.6 is 11.8 Å². The van der Waals surface area contributed by atoms with E-state index in [4.69, 9.17) is 0 Å². The summed E-state index contributed by atoms with van der Waals surface area (Å²) in [5, 5.41) is 21.8. The fraction of sp³-hybridized carbons (Fsp3) is 0.167. The molecule has 1 amide bonds. The van der Waals surface area contributed by atoms with Gasteiger partial charge in [0, 0.05) is 6.07 Å². The Labute approximate surface area is 159 Å². The third kappa shape index (κ3) is 4.14. The van der Waals surface area contributed by atoms with Crippen LogP contribution in [-0.2, 0) is 4.79 Å². The summed E-state index contributed by atoms with van der Waals surface area (Å²) in [6.45, 7) is 3.69. The number of anilines is 1. The number of carbonyl (C=O) groups is 1. The van der Waals surface area contributed by atoms with E-state index in [1.807, 2.05) is 35.8 Å². The van der Waals surface area contributed by atoms with Crippen molar-refractivity contribution in [3.63, 3.8) is 0 Å². The largest absolute Gasteiger partial charge is 0.319 e. The SMILES string of the molecule is Cc1ccccc1-n1cnnc1SC(C)C(=O)Nc1ccccc1[N+](=O)[O-]. The van der Waals surface area contributed by atoms with Gasteiger partial charge in [-0.05, 0) is 31.5 Å². The summed E-state index contributed by atoms with van der Waals surface area (Å²) < 4.78 is 1.81. The Kier molecular flexibility index (Phi) is 5.51. The molecule has 1 unspecified atom stereocenters. The quantitative estimate of drug-likeness (QED) is 0.396. The fourth-order valence-corrected chi connectivity index (χ4v) is 3.32. The third-order valence-electron chi connectivity index (χ3n) is 3.90. The second-order valence-corrected chi connectivity index (χ2v) is 7.10. The van der Waals surface area contributed by atoms with E-state index in [1.54, 1.807) is 25.4 Å². The van der Waals surface area contributed by atoms with Crippen LogP contribution in [0.25, 0.3) is 5.69 Å². The van der Waals surface area contributed by atoms with Gasteiger partial charge in [0.2, 0.25) is 5.91 Å². The van der Waals surface area contributed by atoms with Crippen LogP contribution < -0.4 is 5.32 Å². The predicted octanol–water partition coefficient (Wildman–Crippen LogP) is 3.60. The van der Waals surface area contributed by atoms with Crippen LogP contribution in [0, 0.1) is 17.0 Å². The molecular weight excluding hydrogens is 366 g/mol. The van der Waals surface area contributed by atoms with Gasteiger partial charge in [-0.2, -0.15) is 0 Å². The first-order chi connectivity index (χ1) is 13.0. The van der Waals surface area contributed by atoms with Gasteiger partial charge < -0.3 is 5.32 Å². The second kappa shape index (κ2) is 8.00. The highest BCUT2D eigenvalue weighted by atomic mass is 32.2. The second-order valence-electron chi connectivity index (χ2n) is 5.79. The molecule has 0 fully saturated rings. The van der Waals surface area contributed by atoms with Crippen LogP contribution in [0.2, 0.25) is 0 Å². The average Bonchev–Trinajstić information content (AvgIpc) is 3.10. The first-order valence-corrected chi connectivity index (χ1v) is 9.02. The molecule has 0 saturated carbocycles. The number of thioether (sulfide) groups is 1. The number of nitro groups is 1. The number of benzene rings is 2. The molecule has 0 saturated heterocycles. The number of hydrogen-bond donors (Lipinski definition) is 1. The average molecular weight is 383 g/mol. The molecule has 0 spiro atoms. The lowest BCUT2D eigenvalue weighted by Gasteiger charge is -2.13. The van der Waals surface area contributed by atoms with Gasteiger partial charge in [0.05, 0.1) is 15.9 Å². The van der Waals surface area contributed by atoms with Crippen molar-refractivity contribution in [2.45, 2.75) is 24.3 Å². The zero-order valence-corrected chi connectivity index (χ0v) is 15.5. The molecule has 3 aromatic rings. The molecule has 3 rings (SSSR count).